The highest BCUT2D eigenvalue weighted by Gasteiger charge is 2.32. The van der Waals surface area contributed by atoms with Gasteiger partial charge in [-0.25, -0.2) is 8.42 Å². The SMILES string of the molecule is CCN(c1ccnc(C(=O)N2CCOCC2)c1)C1CCS(=O)(=O)C1. The summed E-state index contributed by atoms with van der Waals surface area (Å²) in [6.07, 6.45) is 2.25. The first kappa shape index (κ1) is 17.2. The zero-order valence-electron chi connectivity index (χ0n) is 13.8. The second kappa shape index (κ2) is 7.06. The molecule has 0 N–H and O–H groups in total. The minimum Gasteiger partial charge on any atom is -0.378 e. The van der Waals surface area contributed by atoms with Crippen molar-refractivity contribution in [3.05, 3.63) is 24.0 Å². The van der Waals surface area contributed by atoms with Crippen molar-refractivity contribution < 1.29 is 17.9 Å². The Morgan fingerprint density at radius 1 is 1.42 bits per heavy atom. The Morgan fingerprint density at radius 3 is 2.79 bits per heavy atom. The number of ether oxygens (including phenoxy) is 1. The van der Waals surface area contributed by atoms with E-state index in [9.17, 15) is 13.2 Å². The number of rotatable bonds is 4. The van der Waals surface area contributed by atoms with E-state index in [2.05, 4.69) is 9.88 Å². The van der Waals surface area contributed by atoms with Gasteiger partial charge in [0.2, 0.25) is 0 Å². The minimum absolute atomic E-state index is 0.0336. The minimum atomic E-state index is -2.95. The Labute approximate surface area is 142 Å². The van der Waals surface area contributed by atoms with E-state index < -0.39 is 9.84 Å². The molecule has 8 heteroatoms. The molecular formula is C16H23N3O4S. The summed E-state index contributed by atoms with van der Waals surface area (Å²) in [4.78, 5) is 20.6. The number of hydrogen-bond acceptors (Lipinski definition) is 6. The average molecular weight is 353 g/mol. The van der Waals surface area contributed by atoms with Gasteiger partial charge in [0.05, 0.1) is 24.7 Å². The number of hydrogen-bond donors (Lipinski definition) is 0. The van der Waals surface area contributed by atoms with Crippen LogP contribution in [0.25, 0.3) is 0 Å². The highest BCUT2D eigenvalue weighted by Crippen LogP contribution is 2.24. The molecule has 2 aliphatic rings. The van der Waals surface area contributed by atoms with E-state index in [1.807, 2.05) is 13.0 Å². The molecule has 1 amide bonds. The van der Waals surface area contributed by atoms with Crippen LogP contribution in [0.2, 0.25) is 0 Å². The summed E-state index contributed by atoms with van der Waals surface area (Å²) in [5.41, 5.74) is 1.25. The van der Waals surface area contributed by atoms with Crippen molar-refractivity contribution in [3.63, 3.8) is 0 Å². The van der Waals surface area contributed by atoms with Crippen LogP contribution in [-0.2, 0) is 14.6 Å². The van der Waals surface area contributed by atoms with Gasteiger partial charge in [-0.05, 0) is 25.5 Å². The molecular weight excluding hydrogens is 330 g/mol. The van der Waals surface area contributed by atoms with Gasteiger partial charge in [-0.15, -0.1) is 0 Å². The van der Waals surface area contributed by atoms with Crippen LogP contribution in [0.15, 0.2) is 18.3 Å². The third-order valence-electron chi connectivity index (χ3n) is 4.58. The maximum atomic E-state index is 12.6. The van der Waals surface area contributed by atoms with Crippen molar-refractivity contribution in [2.24, 2.45) is 0 Å². The molecule has 1 aromatic heterocycles. The average Bonchev–Trinajstić information content (AvgIpc) is 2.95. The van der Waals surface area contributed by atoms with E-state index in [1.54, 1.807) is 17.2 Å². The van der Waals surface area contributed by atoms with E-state index in [1.165, 1.54) is 0 Å². The highest BCUT2D eigenvalue weighted by atomic mass is 32.2. The number of anilines is 1. The molecule has 24 heavy (non-hydrogen) atoms. The zero-order chi connectivity index (χ0) is 17.2. The highest BCUT2D eigenvalue weighted by molar-refractivity contribution is 7.91. The molecule has 1 unspecified atom stereocenters. The van der Waals surface area contributed by atoms with Gasteiger partial charge in [-0.2, -0.15) is 0 Å². The first-order valence-corrected chi connectivity index (χ1v) is 10.1. The molecule has 3 heterocycles. The van der Waals surface area contributed by atoms with Gasteiger partial charge in [0.1, 0.15) is 5.69 Å². The van der Waals surface area contributed by atoms with Crippen molar-refractivity contribution >= 4 is 21.4 Å². The normalized spacial score (nSPS) is 23.2. The number of carbonyl (C=O) groups is 1. The standard InChI is InChI=1S/C16H23N3O4S/c1-2-19(14-4-10-24(21,22)12-14)13-3-5-17-15(11-13)16(20)18-6-8-23-9-7-18/h3,5,11,14H,2,4,6-10,12H2,1H3. The Bertz CT molecular complexity index is 701. The molecule has 3 rings (SSSR count). The summed E-state index contributed by atoms with van der Waals surface area (Å²) < 4.78 is 28.8. The summed E-state index contributed by atoms with van der Waals surface area (Å²) in [5.74, 6) is 0.310. The molecule has 0 aromatic carbocycles. The predicted molar refractivity (Wildman–Crippen MR) is 91.0 cm³/mol. The van der Waals surface area contributed by atoms with E-state index >= 15 is 0 Å². The summed E-state index contributed by atoms with van der Waals surface area (Å²) >= 11 is 0. The lowest BCUT2D eigenvalue weighted by atomic mass is 10.2. The molecule has 7 nitrogen and oxygen atoms in total. The zero-order valence-corrected chi connectivity index (χ0v) is 14.7. The Hall–Kier alpha value is -1.67. The number of pyridine rings is 1. The molecule has 0 aliphatic carbocycles. The molecule has 0 radical (unpaired) electrons. The van der Waals surface area contributed by atoms with Crippen LogP contribution in [0.1, 0.15) is 23.8 Å². The molecule has 1 aromatic rings. The number of carbonyl (C=O) groups excluding carboxylic acids is 1. The second-order valence-electron chi connectivity index (χ2n) is 6.15. The Balaban J connectivity index is 1.79. The topological polar surface area (TPSA) is 79.8 Å². The number of amides is 1. The van der Waals surface area contributed by atoms with Crippen LogP contribution in [0.3, 0.4) is 0 Å². The molecule has 0 spiro atoms. The smallest absolute Gasteiger partial charge is 0.272 e. The van der Waals surface area contributed by atoms with E-state index in [-0.39, 0.29) is 23.5 Å². The maximum absolute atomic E-state index is 12.6. The fourth-order valence-corrected chi connectivity index (χ4v) is 5.05. The van der Waals surface area contributed by atoms with Crippen molar-refractivity contribution in [1.29, 1.82) is 0 Å². The van der Waals surface area contributed by atoms with Gasteiger partial charge in [-0.1, -0.05) is 0 Å². The first-order chi connectivity index (χ1) is 11.5. The molecule has 0 saturated carbocycles. The summed E-state index contributed by atoms with van der Waals surface area (Å²) in [6, 6.07) is 3.57. The van der Waals surface area contributed by atoms with Gasteiger partial charge in [-0.3, -0.25) is 9.78 Å². The lowest BCUT2D eigenvalue weighted by molar-refractivity contribution is 0.0299. The van der Waals surface area contributed by atoms with Crippen LogP contribution in [0.4, 0.5) is 5.69 Å². The van der Waals surface area contributed by atoms with Crippen LogP contribution >= 0.6 is 0 Å². The molecule has 1 atom stereocenters. The first-order valence-electron chi connectivity index (χ1n) is 8.30. The van der Waals surface area contributed by atoms with Crippen LogP contribution in [0.5, 0.6) is 0 Å². The molecule has 2 aliphatic heterocycles. The van der Waals surface area contributed by atoms with E-state index in [0.29, 0.717) is 45.0 Å². The van der Waals surface area contributed by atoms with Gasteiger partial charge in [0.25, 0.3) is 5.91 Å². The third-order valence-corrected chi connectivity index (χ3v) is 6.33. The summed E-state index contributed by atoms with van der Waals surface area (Å²) in [5, 5.41) is 0. The lowest BCUT2D eigenvalue weighted by Crippen LogP contribution is -2.41. The van der Waals surface area contributed by atoms with Crippen molar-refractivity contribution in [3.8, 4) is 0 Å². The number of morpholine rings is 1. The largest absolute Gasteiger partial charge is 0.378 e. The second-order valence-corrected chi connectivity index (χ2v) is 8.38. The summed E-state index contributed by atoms with van der Waals surface area (Å²) in [6.45, 7) is 4.93. The van der Waals surface area contributed by atoms with Crippen LogP contribution < -0.4 is 4.90 Å². The van der Waals surface area contributed by atoms with Crippen molar-refractivity contribution in [1.82, 2.24) is 9.88 Å². The molecule has 2 fully saturated rings. The van der Waals surface area contributed by atoms with E-state index in [0.717, 1.165) is 5.69 Å². The van der Waals surface area contributed by atoms with Gasteiger partial charge < -0.3 is 14.5 Å². The van der Waals surface area contributed by atoms with Crippen molar-refractivity contribution in [2.75, 3.05) is 49.3 Å². The third kappa shape index (κ3) is 3.70. The lowest BCUT2D eigenvalue weighted by Gasteiger charge is -2.30. The summed E-state index contributed by atoms with van der Waals surface area (Å²) in [7, 11) is -2.95. The number of nitrogens with zero attached hydrogens (tertiary/aromatic N) is 3. The van der Waals surface area contributed by atoms with Gasteiger partial charge in [0.15, 0.2) is 9.84 Å². The number of aromatic nitrogens is 1. The predicted octanol–water partition coefficient (Wildman–Crippen LogP) is 0.567. The van der Waals surface area contributed by atoms with Gasteiger partial charge >= 0.3 is 0 Å². The van der Waals surface area contributed by atoms with Crippen LogP contribution in [0, 0.1) is 0 Å². The maximum Gasteiger partial charge on any atom is 0.272 e. The van der Waals surface area contributed by atoms with E-state index in [4.69, 9.17) is 4.74 Å². The van der Waals surface area contributed by atoms with Crippen molar-refractivity contribution in [2.45, 2.75) is 19.4 Å². The fraction of sp³-hybridized carbons (Fsp3) is 0.625. The number of sulfone groups is 1. The Kier molecular flexibility index (Phi) is 5.05. The molecule has 2 saturated heterocycles. The Morgan fingerprint density at radius 2 is 2.17 bits per heavy atom. The van der Waals surface area contributed by atoms with Crippen LogP contribution in [-0.4, -0.2) is 74.6 Å². The molecule has 0 bridgehead atoms. The van der Waals surface area contributed by atoms with Gasteiger partial charge in [0, 0.05) is 37.6 Å². The quantitative estimate of drug-likeness (QED) is 0.787. The fourth-order valence-electron chi connectivity index (χ4n) is 3.32. The molecule has 132 valence electrons. The monoisotopic (exact) mass is 353 g/mol.